The van der Waals surface area contributed by atoms with Crippen molar-refractivity contribution < 1.29 is 4.79 Å². The molecule has 82 valence electrons. The van der Waals surface area contributed by atoms with Crippen molar-refractivity contribution in [2.24, 2.45) is 5.92 Å². The van der Waals surface area contributed by atoms with Crippen molar-refractivity contribution >= 4 is 17.7 Å². The summed E-state index contributed by atoms with van der Waals surface area (Å²) in [5, 5.41) is 6.44. The van der Waals surface area contributed by atoms with Gasteiger partial charge in [-0.05, 0) is 31.7 Å². The van der Waals surface area contributed by atoms with E-state index >= 15 is 0 Å². The van der Waals surface area contributed by atoms with Gasteiger partial charge in [0, 0.05) is 18.2 Å². The van der Waals surface area contributed by atoms with Gasteiger partial charge in [0.2, 0.25) is 5.91 Å². The summed E-state index contributed by atoms with van der Waals surface area (Å²) in [7, 11) is 0. The summed E-state index contributed by atoms with van der Waals surface area (Å²) in [4.78, 5) is 11.5. The highest BCUT2D eigenvalue weighted by atomic mass is 32.2. The van der Waals surface area contributed by atoms with Crippen LogP contribution in [0.3, 0.4) is 0 Å². The molecule has 0 aromatic heterocycles. The molecule has 0 spiro atoms. The number of thioether (sulfide) groups is 1. The van der Waals surface area contributed by atoms with Crippen molar-refractivity contribution in [2.75, 3.05) is 25.1 Å². The number of piperidine rings is 1. The average molecular weight is 216 g/mol. The topological polar surface area (TPSA) is 41.1 Å². The molecule has 0 bridgehead atoms. The summed E-state index contributed by atoms with van der Waals surface area (Å²) in [5.74, 6) is 1.69. The molecular formula is C10H20N2OS. The maximum Gasteiger partial charge on any atom is 0.221 e. The Hall–Kier alpha value is -0.220. The average Bonchev–Trinajstić information content (AvgIpc) is 2.18. The van der Waals surface area contributed by atoms with E-state index in [9.17, 15) is 4.79 Å². The molecule has 0 radical (unpaired) electrons. The van der Waals surface area contributed by atoms with E-state index in [1.165, 1.54) is 0 Å². The molecule has 1 fully saturated rings. The van der Waals surface area contributed by atoms with Crippen molar-refractivity contribution in [3.8, 4) is 0 Å². The monoisotopic (exact) mass is 216 g/mol. The number of carbonyl (C=O) groups is 1. The minimum Gasteiger partial charge on any atom is -0.353 e. The molecule has 2 atom stereocenters. The first-order chi connectivity index (χ1) is 6.74. The Labute approximate surface area is 90.4 Å². The van der Waals surface area contributed by atoms with E-state index in [-0.39, 0.29) is 5.91 Å². The molecule has 0 aromatic carbocycles. The molecule has 4 heteroatoms. The van der Waals surface area contributed by atoms with Gasteiger partial charge in [-0.25, -0.2) is 0 Å². The predicted molar refractivity (Wildman–Crippen MR) is 61.6 cm³/mol. The third-order valence-electron chi connectivity index (χ3n) is 2.66. The molecule has 1 aliphatic rings. The van der Waals surface area contributed by atoms with Crippen LogP contribution in [0.15, 0.2) is 0 Å². The van der Waals surface area contributed by atoms with E-state index in [0.717, 1.165) is 25.3 Å². The quantitative estimate of drug-likeness (QED) is 0.732. The SMILES string of the molecule is CSCCC(=O)NC1CCNCC1C. The third-order valence-corrected chi connectivity index (χ3v) is 3.28. The maximum atomic E-state index is 11.5. The van der Waals surface area contributed by atoms with E-state index < -0.39 is 0 Å². The van der Waals surface area contributed by atoms with E-state index in [1.807, 2.05) is 6.26 Å². The Kier molecular flexibility index (Phi) is 5.33. The lowest BCUT2D eigenvalue weighted by Crippen LogP contribution is -2.48. The van der Waals surface area contributed by atoms with E-state index in [0.29, 0.717) is 18.4 Å². The highest BCUT2D eigenvalue weighted by Crippen LogP contribution is 2.10. The Morgan fingerprint density at radius 2 is 2.43 bits per heavy atom. The van der Waals surface area contributed by atoms with Gasteiger partial charge in [-0.1, -0.05) is 6.92 Å². The summed E-state index contributed by atoms with van der Waals surface area (Å²) >= 11 is 1.72. The van der Waals surface area contributed by atoms with Gasteiger partial charge < -0.3 is 10.6 Å². The molecule has 0 aliphatic carbocycles. The summed E-state index contributed by atoms with van der Waals surface area (Å²) < 4.78 is 0. The van der Waals surface area contributed by atoms with Crippen LogP contribution in [0.2, 0.25) is 0 Å². The van der Waals surface area contributed by atoms with Crippen LogP contribution < -0.4 is 10.6 Å². The zero-order valence-electron chi connectivity index (χ0n) is 9.01. The van der Waals surface area contributed by atoms with Gasteiger partial charge in [0.15, 0.2) is 0 Å². The molecule has 1 amide bonds. The van der Waals surface area contributed by atoms with E-state index in [4.69, 9.17) is 0 Å². The third kappa shape index (κ3) is 3.88. The molecular weight excluding hydrogens is 196 g/mol. The maximum absolute atomic E-state index is 11.5. The fourth-order valence-corrected chi connectivity index (χ4v) is 2.09. The molecule has 2 N–H and O–H groups in total. The zero-order valence-corrected chi connectivity index (χ0v) is 9.82. The van der Waals surface area contributed by atoms with Crippen LogP contribution in [0.4, 0.5) is 0 Å². The summed E-state index contributed by atoms with van der Waals surface area (Å²) in [6, 6.07) is 0.380. The number of nitrogens with one attached hydrogen (secondary N) is 2. The molecule has 1 saturated heterocycles. The van der Waals surface area contributed by atoms with Crippen LogP contribution in [-0.4, -0.2) is 37.0 Å². The highest BCUT2D eigenvalue weighted by molar-refractivity contribution is 7.98. The second kappa shape index (κ2) is 6.30. The standard InChI is InChI=1S/C10H20N2OS/c1-8-7-11-5-3-9(8)12-10(13)4-6-14-2/h8-9,11H,3-7H2,1-2H3,(H,12,13). The van der Waals surface area contributed by atoms with Crippen LogP contribution in [0.5, 0.6) is 0 Å². The van der Waals surface area contributed by atoms with Crippen molar-refractivity contribution in [2.45, 2.75) is 25.8 Å². The summed E-state index contributed by atoms with van der Waals surface area (Å²) in [6.07, 6.45) is 3.74. The fourth-order valence-electron chi connectivity index (χ4n) is 1.70. The number of hydrogen-bond acceptors (Lipinski definition) is 3. The van der Waals surface area contributed by atoms with Crippen molar-refractivity contribution in [1.82, 2.24) is 10.6 Å². The summed E-state index contributed by atoms with van der Waals surface area (Å²) in [5.41, 5.74) is 0. The Balaban J connectivity index is 2.23. The van der Waals surface area contributed by atoms with Crippen molar-refractivity contribution in [1.29, 1.82) is 0 Å². The van der Waals surface area contributed by atoms with Gasteiger partial charge in [0.25, 0.3) is 0 Å². The van der Waals surface area contributed by atoms with Crippen molar-refractivity contribution in [3.05, 3.63) is 0 Å². The van der Waals surface area contributed by atoms with Crippen LogP contribution in [-0.2, 0) is 4.79 Å². The molecule has 2 unspecified atom stereocenters. The minimum absolute atomic E-state index is 0.207. The normalized spacial score (nSPS) is 27.3. The minimum atomic E-state index is 0.207. The smallest absolute Gasteiger partial charge is 0.221 e. The number of hydrogen-bond donors (Lipinski definition) is 2. The Bertz CT molecular complexity index is 187. The van der Waals surface area contributed by atoms with Gasteiger partial charge in [-0.3, -0.25) is 4.79 Å². The first kappa shape index (κ1) is 11.9. The second-order valence-electron chi connectivity index (χ2n) is 3.89. The van der Waals surface area contributed by atoms with Gasteiger partial charge in [-0.2, -0.15) is 11.8 Å². The van der Waals surface area contributed by atoms with Crippen LogP contribution >= 0.6 is 11.8 Å². The Morgan fingerprint density at radius 3 is 3.07 bits per heavy atom. The van der Waals surface area contributed by atoms with Crippen molar-refractivity contribution in [3.63, 3.8) is 0 Å². The predicted octanol–water partition coefficient (Wildman–Crippen LogP) is 0.854. The molecule has 3 nitrogen and oxygen atoms in total. The number of carbonyl (C=O) groups excluding carboxylic acids is 1. The molecule has 1 rings (SSSR count). The Morgan fingerprint density at radius 1 is 1.64 bits per heavy atom. The van der Waals surface area contributed by atoms with Gasteiger partial charge >= 0.3 is 0 Å². The summed E-state index contributed by atoms with van der Waals surface area (Å²) in [6.45, 7) is 4.23. The molecule has 0 saturated carbocycles. The largest absolute Gasteiger partial charge is 0.353 e. The first-order valence-corrected chi connectivity index (χ1v) is 6.62. The lowest BCUT2D eigenvalue weighted by molar-refractivity contribution is -0.121. The lowest BCUT2D eigenvalue weighted by atomic mass is 9.95. The van der Waals surface area contributed by atoms with Crippen LogP contribution in [0, 0.1) is 5.92 Å². The molecule has 1 aliphatic heterocycles. The molecule has 1 heterocycles. The lowest BCUT2D eigenvalue weighted by Gasteiger charge is -2.30. The number of rotatable bonds is 4. The van der Waals surface area contributed by atoms with Crippen LogP contribution in [0.1, 0.15) is 19.8 Å². The fraction of sp³-hybridized carbons (Fsp3) is 0.900. The molecule has 14 heavy (non-hydrogen) atoms. The van der Waals surface area contributed by atoms with Gasteiger partial charge in [-0.15, -0.1) is 0 Å². The van der Waals surface area contributed by atoms with E-state index in [2.05, 4.69) is 17.6 Å². The van der Waals surface area contributed by atoms with Crippen LogP contribution in [0.25, 0.3) is 0 Å². The molecule has 0 aromatic rings. The van der Waals surface area contributed by atoms with Gasteiger partial charge in [0.1, 0.15) is 0 Å². The first-order valence-electron chi connectivity index (χ1n) is 5.23. The zero-order chi connectivity index (χ0) is 10.4. The second-order valence-corrected chi connectivity index (χ2v) is 4.87. The van der Waals surface area contributed by atoms with E-state index in [1.54, 1.807) is 11.8 Å². The number of amides is 1. The highest BCUT2D eigenvalue weighted by Gasteiger charge is 2.21. The van der Waals surface area contributed by atoms with Gasteiger partial charge in [0.05, 0.1) is 0 Å².